The monoisotopic (exact) mass is 301 g/mol. The standard InChI is InChI=1S/C12H16ClN3O2S/c1-8(9-2-3-10(13)19-9)15-6-12(18)16-5-4-14-11(17)7-16/h2-3,8,15H,4-7H2,1H3,(H,14,17)/t8-/m1/s1. The quantitative estimate of drug-likeness (QED) is 0.872. The van der Waals surface area contributed by atoms with Gasteiger partial charge in [0, 0.05) is 24.0 Å². The fourth-order valence-corrected chi connectivity index (χ4v) is 2.95. The van der Waals surface area contributed by atoms with Crippen molar-refractivity contribution in [1.29, 1.82) is 0 Å². The highest BCUT2D eigenvalue weighted by Crippen LogP contribution is 2.26. The van der Waals surface area contributed by atoms with E-state index in [9.17, 15) is 9.59 Å². The van der Waals surface area contributed by atoms with Gasteiger partial charge >= 0.3 is 0 Å². The predicted octanol–water partition coefficient (Wildman–Crippen LogP) is 1.01. The maximum atomic E-state index is 11.9. The minimum atomic E-state index is -0.0994. The largest absolute Gasteiger partial charge is 0.353 e. The molecule has 0 unspecified atom stereocenters. The number of halogens is 1. The molecule has 19 heavy (non-hydrogen) atoms. The molecule has 0 spiro atoms. The summed E-state index contributed by atoms with van der Waals surface area (Å²) in [5.74, 6) is -0.151. The van der Waals surface area contributed by atoms with Gasteiger partial charge in [-0.15, -0.1) is 11.3 Å². The molecule has 1 aliphatic rings. The summed E-state index contributed by atoms with van der Waals surface area (Å²) in [6.07, 6.45) is 0. The summed E-state index contributed by atoms with van der Waals surface area (Å²) >= 11 is 7.37. The third kappa shape index (κ3) is 3.92. The zero-order valence-electron chi connectivity index (χ0n) is 10.6. The SMILES string of the molecule is C[C@@H](NCC(=O)N1CCNC(=O)C1)c1ccc(Cl)s1. The lowest BCUT2D eigenvalue weighted by Crippen LogP contribution is -2.52. The minimum Gasteiger partial charge on any atom is -0.353 e. The van der Waals surface area contributed by atoms with Crippen LogP contribution in [0.25, 0.3) is 0 Å². The smallest absolute Gasteiger partial charge is 0.239 e. The highest BCUT2D eigenvalue weighted by Gasteiger charge is 2.21. The Labute approximate surface area is 120 Å². The maximum Gasteiger partial charge on any atom is 0.239 e. The van der Waals surface area contributed by atoms with E-state index in [1.807, 2.05) is 19.1 Å². The molecule has 2 amide bonds. The lowest BCUT2D eigenvalue weighted by atomic mass is 10.2. The number of nitrogens with one attached hydrogen (secondary N) is 2. The molecular weight excluding hydrogens is 286 g/mol. The number of nitrogens with zero attached hydrogens (tertiary/aromatic N) is 1. The summed E-state index contributed by atoms with van der Waals surface area (Å²) < 4.78 is 0.739. The molecule has 0 saturated carbocycles. The second-order valence-electron chi connectivity index (χ2n) is 4.41. The number of hydrogen-bond acceptors (Lipinski definition) is 4. The van der Waals surface area contributed by atoms with Gasteiger partial charge in [0.25, 0.3) is 0 Å². The molecule has 0 radical (unpaired) electrons. The third-order valence-electron chi connectivity index (χ3n) is 2.97. The van der Waals surface area contributed by atoms with Crippen molar-refractivity contribution in [2.24, 2.45) is 0 Å². The van der Waals surface area contributed by atoms with E-state index in [1.165, 1.54) is 11.3 Å². The van der Waals surface area contributed by atoms with E-state index in [2.05, 4.69) is 10.6 Å². The van der Waals surface area contributed by atoms with Gasteiger partial charge in [0.05, 0.1) is 17.4 Å². The van der Waals surface area contributed by atoms with Gasteiger partial charge in [0.15, 0.2) is 0 Å². The Morgan fingerprint density at radius 2 is 2.42 bits per heavy atom. The summed E-state index contributed by atoms with van der Waals surface area (Å²) in [5.41, 5.74) is 0. The van der Waals surface area contributed by atoms with Gasteiger partial charge in [-0.25, -0.2) is 0 Å². The predicted molar refractivity (Wildman–Crippen MR) is 75.3 cm³/mol. The van der Waals surface area contributed by atoms with E-state index in [0.717, 1.165) is 9.21 Å². The van der Waals surface area contributed by atoms with Crippen LogP contribution in [0.3, 0.4) is 0 Å². The average molecular weight is 302 g/mol. The van der Waals surface area contributed by atoms with Crippen molar-refractivity contribution in [3.8, 4) is 0 Å². The fraction of sp³-hybridized carbons (Fsp3) is 0.500. The first-order chi connectivity index (χ1) is 9.06. The molecular formula is C12H16ClN3O2S. The molecule has 104 valence electrons. The van der Waals surface area contributed by atoms with Crippen LogP contribution in [-0.2, 0) is 9.59 Å². The van der Waals surface area contributed by atoms with Crippen molar-refractivity contribution in [2.75, 3.05) is 26.2 Å². The zero-order valence-corrected chi connectivity index (χ0v) is 12.2. The third-order valence-corrected chi connectivity index (χ3v) is 4.39. The number of thiophene rings is 1. The molecule has 0 aromatic carbocycles. The number of carbonyl (C=O) groups excluding carboxylic acids is 2. The first-order valence-electron chi connectivity index (χ1n) is 6.09. The molecule has 1 atom stereocenters. The average Bonchev–Trinajstić information content (AvgIpc) is 2.82. The lowest BCUT2D eigenvalue weighted by molar-refractivity contribution is -0.137. The number of piperazine rings is 1. The highest BCUT2D eigenvalue weighted by atomic mass is 35.5. The molecule has 2 rings (SSSR count). The number of amides is 2. The van der Waals surface area contributed by atoms with Gasteiger partial charge in [-0.05, 0) is 19.1 Å². The normalized spacial score (nSPS) is 17.2. The molecule has 2 N–H and O–H groups in total. The van der Waals surface area contributed by atoms with Gasteiger partial charge in [0.2, 0.25) is 11.8 Å². The minimum absolute atomic E-state index is 0.0515. The van der Waals surface area contributed by atoms with E-state index in [4.69, 9.17) is 11.6 Å². The van der Waals surface area contributed by atoms with Crippen LogP contribution in [-0.4, -0.2) is 42.9 Å². The van der Waals surface area contributed by atoms with Gasteiger partial charge in [-0.1, -0.05) is 11.6 Å². The Bertz CT molecular complexity index is 477. The number of rotatable bonds is 4. The second kappa shape index (κ2) is 6.36. The van der Waals surface area contributed by atoms with E-state index in [0.29, 0.717) is 13.1 Å². The van der Waals surface area contributed by atoms with Crippen LogP contribution in [0.2, 0.25) is 4.34 Å². The molecule has 1 aromatic rings. The molecule has 1 saturated heterocycles. The summed E-state index contributed by atoms with van der Waals surface area (Å²) in [6, 6.07) is 3.86. The summed E-state index contributed by atoms with van der Waals surface area (Å²) in [4.78, 5) is 25.8. The van der Waals surface area contributed by atoms with Crippen LogP contribution >= 0.6 is 22.9 Å². The molecule has 1 aromatic heterocycles. The molecule has 0 bridgehead atoms. The van der Waals surface area contributed by atoms with Crippen molar-refractivity contribution in [3.63, 3.8) is 0 Å². The van der Waals surface area contributed by atoms with Gasteiger partial charge in [-0.3, -0.25) is 9.59 Å². The number of hydrogen-bond donors (Lipinski definition) is 2. The van der Waals surface area contributed by atoms with Crippen molar-refractivity contribution in [3.05, 3.63) is 21.3 Å². The fourth-order valence-electron chi connectivity index (χ4n) is 1.87. The first kappa shape index (κ1) is 14.3. The van der Waals surface area contributed by atoms with Crippen LogP contribution in [0.4, 0.5) is 0 Å². The zero-order chi connectivity index (χ0) is 13.8. The molecule has 1 aliphatic heterocycles. The Morgan fingerprint density at radius 1 is 1.63 bits per heavy atom. The highest BCUT2D eigenvalue weighted by molar-refractivity contribution is 7.16. The summed E-state index contributed by atoms with van der Waals surface area (Å²) in [7, 11) is 0. The first-order valence-corrected chi connectivity index (χ1v) is 7.29. The van der Waals surface area contributed by atoms with Gasteiger partial charge in [-0.2, -0.15) is 0 Å². The Hall–Kier alpha value is -1.11. The Balaban J connectivity index is 1.81. The van der Waals surface area contributed by atoms with E-state index < -0.39 is 0 Å². The van der Waals surface area contributed by atoms with Crippen LogP contribution in [0.1, 0.15) is 17.8 Å². The molecule has 5 nitrogen and oxygen atoms in total. The van der Waals surface area contributed by atoms with Gasteiger partial charge in [0.1, 0.15) is 0 Å². The van der Waals surface area contributed by atoms with Crippen LogP contribution in [0, 0.1) is 0 Å². The molecule has 7 heteroatoms. The van der Waals surface area contributed by atoms with Crippen LogP contribution in [0.5, 0.6) is 0 Å². The molecule has 1 fully saturated rings. The van der Waals surface area contributed by atoms with Gasteiger partial charge < -0.3 is 15.5 Å². The lowest BCUT2D eigenvalue weighted by Gasteiger charge is -2.27. The molecule has 0 aliphatic carbocycles. The van der Waals surface area contributed by atoms with Crippen molar-refractivity contribution in [1.82, 2.24) is 15.5 Å². The molecule has 2 heterocycles. The summed E-state index contributed by atoms with van der Waals surface area (Å²) in [6.45, 7) is 3.47. The second-order valence-corrected chi connectivity index (χ2v) is 6.16. The van der Waals surface area contributed by atoms with Crippen molar-refractivity contribution >= 4 is 34.8 Å². The van der Waals surface area contributed by atoms with Crippen molar-refractivity contribution in [2.45, 2.75) is 13.0 Å². The van der Waals surface area contributed by atoms with Crippen LogP contribution < -0.4 is 10.6 Å². The number of carbonyl (C=O) groups is 2. The Morgan fingerprint density at radius 3 is 3.05 bits per heavy atom. The van der Waals surface area contributed by atoms with E-state index in [-0.39, 0.29) is 30.9 Å². The van der Waals surface area contributed by atoms with E-state index >= 15 is 0 Å². The topological polar surface area (TPSA) is 61.4 Å². The van der Waals surface area contributed by atoms with Crippen molar-refractivity contribution < 1.29 is 9.59 Å². The maximum absolute atomic E-state index is 11.9. The Kier molecular flexibility index (Phi) is 4.79. The summed E-state index contributed by atoms with van der Waals surface area (Å²) in [5, 5.41) is 5.85. The van der Waals surface area contributed by atoms with E-state index in [1.54, 1.807) is 4.90 Å². The van der Waals surface area contributed by atoms with Crippen LogP contribution in [0.15, 0.2) is 12.1 Å².